The minimum atomic E-state index is 0.231. The van der Waals surface area contributed by atoms with Gasteiger partial charge in [-0.1, -0.05) is 18.2 Å². The fraction of sp³-hybridized carbons (Fsp3) is 0.455. The van der Waals surface area contributed by atoms with Crippen molar-refractivity contribution in [2.24, 2.45) is 5.73 Å². The average molecular weight is 194 g/mol. The zero-order valence-electron chi connectivity index (χ0n) is 8.61. The lowest BCUT2D eigenvalue weighted by atomic mass is 10.1. The summed E-state index contributed by atoms with van der Waals surface area (Å²) in [6.07, 6.45) is 0.787. The summed E-state index contributed by atoms with van der Waals surface area (Å²) < 4.78 is 0. The number of para-hydroxylation sites is 1. The van der Waals surface area contributed by atoms with Crippen molar-refractivity contribution in [3.05, 3.63) is 29.8 Å². The minimum absolute atomic E-state index is 0.231. The van der Waals surface area contributed by atoms with Crippen LogP contribution in [0.1, 0.15) is 12.0 Å². The van der Waals surface area contributed by atoms with Crippen molar-refractivity contribution < 1.29 is 5.11 Å². The van der Waals surface area contributed by atoms with Crippen LogP contribution in [0.15, 0.2) is 24.3 Å². The molecular formula is C11H18N2O. The van der Waals surface area contributed by atoms with Gasteiger partial charge in [0.05, 0.1) is 0 Å². The quantitative estimate of drug-likeness (QED) is 0.734. The zero-order chi connectivity index (χ0) is 10.4. The lowest BCUT2D eigenvalue weighted by Crippen LogP contribution is -2.21. The molecule has 0 radical (unpaired) electrons. The Morgan fingerprint density at radius 3 is 2.71 bits per heavy atom. The molecule has 0 bridgehead atoms. The molecule has 3 N–H and O–H groups in total. The molecule has 0 saturated heterocycles. The van der Waals surface area contributed by atoms with Crippen molar-refractivity contribution >= 4 is 5.69 Å². The lowest BCUT2D eigenvalue weighted by Gasteiger charge is -2.21. The Kier molecular flexibility index (Phi) is 4.43. The van der Waals surface area contributed by atoms with Crippen LogP contribution in [-0.4, -0.2) is 25.3 Å². The van der Waals surface area contributed by atoms with Gasteiger partial charge in [0.2, 0.25) is 0 Å². The van der Waals surface area contributed by atoms with Gasteiger partial charge in [-0.3, -0.25) is 0 Å². The van der Waals surface area contributed by atoms with Crippen LogP contribution in [0.25, 0.3) is 0 Å². The van der Waals surface area contributed by atoms with Gasteiger partial charge in [0.25, 0.3) is 0 Å². The summed E-state index contributed by atoms with van der Waals surface area (Å²) in [7, 11) is 2.02. The summed E-state index contributed by atoms with van der Waals surface area (Å²) in [6, 6.07) is 8.08. The third-order valence-corrected chi connectivity index (χ3v) is 2.27. The first-order valence-corrected chi connectivity index (χ1v) is 4.89. The Balaban J connectivity index is 2.72. The molecule has 0 aliphatic carbocycles. The number of benzene rings is 1. The Labute approximate surface area is 85.2 Å². The molecule has 3 nitrogen and oxygen atoms in total. The van der Waals surface area contributed by atoms with Crippen LogP contribution in [0.3, 0.4) is 0 Å². The highest BCUT2D eigenvalue weighted by atomic mass is 16.3. The summed E-state index contributed by atoms with van der Waals surface area (Å²) >= 11 is 0. The van der Waals surface area contributed by atoms with Gasteiger partial charge >= 0.3 is 0 Å². The van der Waals surface area contributed by atoms with Crippen molar-refractivity contribution in [1.29, 1.82) is 0 Å². The van der Waals surface area contributed by atoms with Gasteiger partial charge in [-0.15, -0.1) is 0 Å². The Morgan fingerprint density at radius 2 is 2.07 bits per heavy atom. The van der Waals surface area contributed by atoms with Crippen LogP contribution < -0.4 is 10.6 Å². The molecule has 3 heteroatoms. The maximum absolute atomic E-state index is 8.74. The van der Waals surface area contributed by atoms with Crippen LogP contribution in [0, 0.1) is 0 Å². The number of aliphatic hydroxyl groups excluding tert-OH is 1. The molecule has 0 saturated carbocycles. The van der Waals surface area contributed by atoms with Gasteiger partial charge in [0.1, 0.15) is 0 Å². The van der Waals surface area contributed by atoms with Crippen LogP contribution in [-0.2, 0) is 6.54 Å². The monoisotopic (exact) mass is 194 g/mol. The fourth-order valence-corrected chi connectivity index (χ4v) is 1.48. The summed E-state index contributed by atoms with van der Waals surface area (Å²) in [5.74, 6) is 0. The number of aliphatic hydroxyl groups is 1. The summed E-state index contributed by atoms with van der Waals surface area (Å²) in [6.45, 7) is 1.64. The lowest BCUT2D eigenvalue weighted by molar-refractivity contribution is 0.290. The molecule has 0 fully saturated rings. The van der Waals surface area contributed by atoms with E-state index in [2.05, 4.69) is 11.0 Å². The summed E-state index contributed by atoms with van der Waals surface area (Å²) in [4.78, 5) is 2.12. The normalized spacial score (nSPS) is 10.2. The Bertz CT molecular complexity index is 276. The van der Waals surface area contributed by atoms with Crippen LogP contribution in [0.2, 0.25) is 0 Å². The molecule has 0 spiro atoms. The molecule has 0 aliphatic rings. The van der Waals surface area contributed by atoms with Crippen molar-refractivity contribution in [2.75, 3.05) is 25.1 Å². The molecular weight excluding hydrogens is 176 g/mol. The summed E-state index contributed by atoms with van der Waals surface area (Å²) in [5.41, 5.74) is 7.94. The molecule has 1 aromatic rings. The van der Waals surface area contributed by atoms with E-state index in [4.69, 9.17) is 10.8 Å². The number of rotatable bonds is 5. The first-order chi connectivity index (χ1) is 6.79. The smallest absolute Gasteiger partial charge is 0.0447 e. The zero-order valence-corrected chi connectivity index (χ0v) is 8.61. The van der Waals surface area contributed by atoms with E-state index in [9.17, 15) is 0 Å². The number of nitrogens with zero attached hydrogens (tertiary/aromatic N) is 1. The highest BCUT2D eigenvalue weighted by Gasteiger charge is 2.04. The first-order valence-electron chi connectivity index (χ1n) is 4.89. The maximum atomic E-state index is 8.74. The predicted octanol–water partition coefficient (Wildman–Crippen LogP) is 0.964. The number of hydrogen-bond acceptors (Lipinski definition) is 3. The topological polar surface area (TPSA) is 49.5 Å². The highest BCUT2D eigenvalue weighted by Crippen LogP contribution is 2.18. The van der Waals surface area contributed by atoms with Crippen LogP contribution >= 0.6 is 0 Å². The van der Waals surface area contributed by atoms with Crippen LogP contribution in [0.4, 0.5) is 5.69 Å². The van der Waals surface area contributed by atoms with Crippen LogP contribution in [0.5, 0.6) is 0 Å². The van der Waals surface area contributed by atoms with E-state index in [0.717, 1.165) is 24.2 Å². The van der Waals surface area contributed by atoms with Crippen molar-refractivity contribution in [3.63, 3.8) is 0 Å². The van der Waals surface area contributed by atoms with Gasteiger partial charge in [-0.05, 0) is 18.1 Å². The van der Waals surface area contributed by atoms with Gasteiger partial charge in [-0.25, -0.2) is 0 Å². The standard InChI is InChI=1S/C11H18N2O/c1-13(7-4-8-14)11-6-3-2-5-10(11)9-12/h2-3,5-6,14H,4,7-9,12H2,1H3. The van der Waals surface area contributed by atoms with E-state index in [-0.39, 0.29) is 6.61 Å². The molecule has 0 aromatic heterocycles. The van der Waals surface area contributed by atoms with Crippen molar-refractivity contribution in [1.82, 2.24) is 0 Å². The third-order valence-electron chi connectivity index (χ3n) is 2.27. The van der Waals surface area contributed by atoms with E-state index in [1.165, 1.54) is 0 Å². The summed E-state index contributed by atoms with van der Waals surface area (Å²) in [5, 5.41) is 8.74. The molecule has 0 atom stereocenters. The number of nitrogens with two attached hydrogens (primary N) is 1. The van der Waals surface area contributed by atoms with E-state index >= 15 is 0 Å². The second-order valence-electron chi connectivity index (χ2n) is 3.33. The SMILES string of the molecule is CN(CCCO)c1ccccc1CN. The highest BCUT2D eigenvalue weighted by molar-refractivity contribution is 5.52. The van der Waals surface area contributed by atoms with E-state index in [1.54, 1.807) is 0 Å². The second-order valence-corrected chi connectivity index (χ2v) is 3.33. The fourth-order valence-electron chi connectivity index (χ4n) is 1.48. The Morgan fingerprint density at radius 1 is 1.36 bits per heavy atom. The number of anilines is 1. The van der Waals surface area contributed by atoms with Gasteiger partial charge in [0.15, 0.2) is 0 Å². The van der Waals surface area contributed by atoms with Gasteiger partial charge < -0.3 is 15.7 Å². The minimum Gasteiger partial charge on any atom is -0.396 e. The molecule has 1 aromatic carbocycles. The molecule has 0 aliphatic heterocycles. The molecule has 1 rings (SSSR count). The molecule has 0 heterocycles. The molecule has 78 valence electrons. The Hall–Kier alpha value is -1.06. The van der Waals surface area contributed by atoms with Gasteiger partial charge in [0, 0.05) is 32.4 Å². The van der Waals surface area contributed by atoms with Crippen molar-refractivity contribution in [2.45, 2.75) is 13.0 Å². The average Bonchev–Trinajstić information content (AvgIpc) is 2.25. The van der Waals surface area contributed by atoms with Gasteiger partial charge in [-0.2, -0.15) is 0 Å². The maximum Gasteiger partial charge on any atom is 0.0447 e. The first kappa shape index (κ1) is 11.0. The third kappa shape index (κ3) is 2.72. The second kappa shape index (κ2) is 5.62. The predicted molar refractivity (Wildman–Crippen MR) is 59.3 cm³/mol. The van der Waals surface area contributed by atoms with E-state index in [1.807, 2.05) is 25.2 Å². The number of hydrogen-bond donors (Lipinski definition) is 2. The van der Waals surface area contributed by atoms with E-state index < -0.39 is 0 Å². The molecule has 0 unspecified atom stereocenters. The molecule has 0 amide bonds. The van der Waals surface area contributed by atoms with Crippen molar-refractivity contribution in [3.8, 4) is 0 Å². The van der Waals surface area contributed by atoms with E-state index in [0.29, 0.717) is 6.54 Å². The molecule has 14 heavy (non-hydrogen) atoms. The largest absolute Gasteiger partial charge is 0.396 e.